The van der Waals surface area contributed by atoms with Gasteiger partial charge in [-0.3, -0.25) is 4.79 Å². The van der Waals surface area contributed by atoms with Crippen LogP contribution < -0.4 is 5.32 Å². The minimum atomic E-state index is -4.48. The van der Waals surface area contributed by atoms with Crippen molar-refractivity contribution in [1.82, 2.24) is 15.0 Å². The van der Waals surface area contributed by atoms with Crippen LogP contribution in [0, 0.1) is 12.8 Å². The van der Waals surface area contributed by atoms with Crippen molar-refractivity contribution in [2.75, 3.05) is 18.5 Å². The first-order chi connectivity index (χ1) is 18.1. The van der Waals surface area contributed by atoms with E-state index in [1.165, 1.54) is 11.3 Å². The lowest BCUT2D eigenvalue weighted by Crippen LogP contribution is -2.29. The van der Waals surface area contributed by atoms with Crippen molar-refractivity contribution in [3.63, 3.8) is 0 Å². The van der Waals surface area contributed by atoms with E-state index in [9.17, 15) is 23.1 Å². The van der Waals surface area contributed by atoms with E-state index >= 15 is 0 Å². The molecule has 0 saturated heterocycles. The number of nitrogens with one attached hydrogen (secondary N) is 1. The predicted molar refractivity (Wildman–Crippen MR) is 136 cm³/mol. The molecule has 0 aliphatic heterocycles. The summed E-state index contributed by atoms with van der Waals surface area (Å²) >= 11 is 1.32. The third kappa shape index (κ3) is 6.86. The Morgan fingerprint density at radius 2 is 1.92 bits per heavy atom. The third-order valence-corrected chi connectivity index (χ3v) is 7.64. The number of ether oxygens (including phenoxy) is 1. The standard InChI is InChI=1S/C26H29F3N4O4S/c1-16-12-19(32-22(13-16)33-21-14-18(6-9-30-21)26(27,28)29)20-15-31-24(38-20)25(36)7-2-4-17(5-3-8-25)23(35)37-11-10-34/h6,9,12-15,17,34,36H,2-5,7-8,10-11H2,1H3,(H,30,32,33). The van der Waals surface area contributed by atoms with Crippen molar-refractivity contribution < 1.29 is 32.9 Å². The summed E-state index contributed by atoms with van der Waals surface area (Å²) in [7, 11) is 0. The van der Waals surface area contributed by atoms with Crippen LogP contribution in [-0.2, 0) is 21.3 Å². The van der Waals surface area contributed by atoms with Crippen molar-refractivity contribution in [3.8, 4) is 10.6 Å². The predicted octanol–water partition coefficient (Wildman–Crippen LogP) is 5.36. The number of rotatable bonds is 7. The highest BCUT2D eigenvalue weighted by atomic mass is 32.1. The molecular formula is C26H29F3N4O4S. The Balaban J connectivity index is 1.48. The maximum Gasteiger partial charge on any atom is 0.416 e. The van der Waals surface area contributed by atoms with Gasteiger partial charge in [0.1, 0.15) is 28.9 Å². The fourth-order valence-corrected chi connectivity index (χ4v) is 5.56. The van der Waals surface area contributed by atoms with Crippen LogP contribution in [0.5, 0.6) is 0 Å². The van der Waals surface area contributed by atoms with Gasteiger partial charge >= 0.3 is 12.1 Å². The van der Waals surface area contributed by atoms with Crippen LogP contribution in [0.4, 0.5) is 24.8 Å². The number of hydrogen-bond acceptors (Lipinski definition) is 9. The summed E-state index contributed by atoms with van der Waals surface area (Å²) < 4.78 is 44.3. The molecular weight excluding hydrogens is 521 g/mol. The number of carbonyl (C=O) groups is 1. The van der Waals surface area contributed by atoms with Gasteiger partial charge in [0.15, 0.2) is 0 Å². The molecule has 0 amide bonds. The molecule has 0 atom stereocenters. The van der Waals surface area contributed by atoms with Crippen molar-refractivity contribution >= 4 is 28.9 Å². The smallest absolute Gasteiger partial charge is 0.416 e. The lowest BCUT2D eigenvalue weighted by molar-refractivity contribution is -0.150. The van der Waals surface area contributed by atoms with Crippen LogP contribution in [0.3, 0.4) is 0 Å². The Labute approximate surface area is 221 Å². The van der Waals surface area contributed by atoms with E-state index in [1.54, 1.807) is 12.3 Å². The molecule has 3 aromatic rings. The number of alkyl halides is 3. The summed E-state index contributed by atoms with van der Waals surface area (Å²) in [6, 6.07) is 5.38. The number of hydrogen-bond donors (Lipinski definition) is 3. The minimum absolute atomic E-state index is 0.0121. The van der Waals surface area contributed by atoms with Gasteiger partial charge in [0.25, 0.3) is 0 Å². The molecule has 0 aromatic carbocycles. The first-order valence-electron chi connectivity index (χ1n) is 12.3. The molecule has 3 aromatic heterocycles. The molecule has 204 valence electrons. The molecule has 1 aliphatic rings. The number of pyridine rings is 2. The molecule has 0 unspecified atom stereocenters. The maximum absolute atomic E-state index is 13.1. The van der Waals surface area contributed by atoms with Gasteiger partial charge in [-0.25, -0.2) is 15.0 Å². The van der Waals surface area contributed by atoms with Crippen LogP contribution in [0.1, 0.15) is 54.7 Å². The topological polar surface area (TPSA) is 117 Å². The summed E-state index contributed by atoms with van der Waals surface area (Å²) in [5.41, 5.74) is -0.529. The quantitative estimate of drug-likeness (QED) is 0.337. The molecule has 3 N–H and O–H groups in total. The molecule has 1 aliphatic carbocycles. The Hall–Kier alpha value is -3.09. The summed E-state index contributed by atoms with van der Waals surface area (Å²) in [5, 5.41) is 23.7. The Kier molecular flexibility index (Phi) is 8.64. The zero-order valence-electron chi connectivity index (χ0n) is 20.8. The van der Waals surface area contributed by atoms with Crippen LogP contribution in [0.15, 0.2) is 36.7 Å². The molecule has 12 heteroatoms. The van der Waals surface area contributed by atoms with Crippen molar-refractivity contribution in [2.24, 2.45) is 5.92 Å². The Bertz CT molecular complexity index is 1260. The lowest BCUT2D eigenvalue weighted by atomic mass is 9.83. The summed E-state index contributed by atoms with van der Waals surface area (Å²) in [5.74, 6) is -0.190. The van der Waals surface area contributed by atoms with E-state index in [1.807, 2.05) is 13.0 Å². The van der Waals surface area contributed by atoms with E-state index < -0.39 is 17.3 Å². The van der Waals surface area contributed by atoms with Gasteiger partial charge in [0, 0.05) is 12.4 Å². The number of aryl methyl sites for hydroxylation is 1. The normalized spacial score (nSPS) is 20.4. The van der Waals surface area contributed by atoms with Crippen LogP contribution >= 0.6 is 11.3 Å². The van der Waals surface area contributed by atoms with E-state index in [4.69, 9.17) is 9.84 Å². The summed E-state index contributed by atoms with van der Waals surface area (Å²) in [6.45, 7) is 1.63. The first kappa shape index (κ1) is 27.9. The molecule has 1 saturated carbocycles. The van der Waals surface area contributed by atoms with Gasteiger partial charge in [-0.2, -0.15) is 13.2 Å². The first-order valence-corrected chi connectivity index (χ1v) is 13.1. The highest BCUT2D eigenvalue weighted by Crippen LogP contribution is 2.40. The largest absolute Gasteiger partial charge is 0.463 e. The van der Waals surface area contributed by atoms with Crippen LogP contribution in [-0.4, -0.2) is 44.3 Å². The van der Waals surface area contributed by atoms with Gasteiger partial charge in [0.05, 0.1) is 28.7 Å². The number of esters is 1. The highest BCUT2D eigenvalue weighted by Gasteiger charge is 2.35. The molecule has 3 heterocycles. The number of nitrogens with zero attached hydrogens (tertiary/aromatic N) is 3. The average Bonchev–Trinajstić information content (AvgIpc) is 3.35. The number of aliphatic hydroxyl groups excluding tert-OH is 1. The number of aromatic nitrogens is 3. The van der Waals surface area contributed by atoms with E-state index in [-0.39, 0.29) is 30.9 Å². The molecule has 8 nitrogen and oxygen atoms in total. The maximum atomic E-state index is 13.1. The van der Waals surface area contributed by atoms with Crippen molar-refractivity contribution in [2.45, 2.75) is 57.2 Å². The Morgan fingerprint density at radius 1 is 1.18 bits per heavy atom. The fraction of sp³-hybridized carbons (Fsp3) is 0.462. The van der Waals surface area contributed by atoms with Gasteiger partial charge < -0.3 is 20.3 Å². The zero-order chi connectivity index (χ0) is 27.3. The molecule has 1 fully saturated rings. The lowest BCUT2D eigenvalue weighted by Gasteiger charge is -2.30. The highest BCUT2D eigenvalue weighted by molar-refractivity contribution is 7.15. The molecule has 0 bridgehead atoms. The third-order valence-electron chi connectivity index (χ3n) is 6.42. The second-order valence-corrected chi connectivity index (χ2v) is 10.4. The van der Waals surface area contributed by atoms with Crippen molar-refractivity contribution in [1.29, 1.82) is 0 Å². The second kappa shape index (κ2) is 11.7. The van der Waals surface area contributed by atoms with Gasteiger partial charge in [-0.1, -0.05) is 0 Å². The minimum Gasteiger partial charge on any atom is -0.463 e. The van der Waals surface area contributed by atoms with Gasteiger partial charge in [-0.05, 0) is 75.3 Å². The number of thiazole rings is 1. The fourth-order valence-electron chi connectivity index (χ4n) is 4.54. The van der Waals surface area contributed by atoms with Crippen LogP contribution in [0.2, 0.25) is 0 Å². The second-order valence-electron chi connectivity index (χ2n) is 9.40. The number of aliphatic hydroxyl groups is 2. The van der Waals surface area contributed by atoms with E-state index in [0.29, 0.717) is 59.9 Å². The Morgan fingerprint density at radius 3 is 2.61 bits per heavy atom. The van der Waals surface area contributed by atoms with Gasteiger partial charge in [0.2, 0.25) is 0 Å². The van der Waals surface area contributed by atoms with E-state index in [0.717, 1.165) is 23.9 Å². The molecule has 4 rings (SSSR count). The summed E-state index contributed by atoms with van der Waals surface area (Å²) in [6.07, 6.45) is 1.54. The number of anilines is 2. The summed E-state index contributed by atoms with van der Waals surface area (Å²) in [4.78, 5) is 25.9. The van der Waals surface area contributed by atoms with E-state index in [2.05, 4.69) is 20.3 Å². The molecule has 0 spiro atoms. The number of halogens is 3. The molecule has 38 heavy (non-hydrogen) atoms. The monoisotopic (exact) mass is 550 g/mol. The van der Waals surface area contributed by atoms with Crippen molar-refractivity contribution in [3.05, 3.63) is 52.8 Å². The van der Waals surface area contributed by atoms with Crippen LogP contribution in [0.25, 0.3) is 10.6 Å². The average molecular weight is 551 g/mol. The molecule has 0 radical (unpaired) electrons. The number of carbonyl (C=O) groups excluding carboxylic acids is 1. The zero-order valence-corrected chi connectivity index (χ0v) is 21.6. The SMILES string of the molecule is Cc1cc(Nc2cc(C(F)(F)F)ccn2)nc(-c2cnc(C3(O)CCCC(C(=O)OCCO)CCC3)s2)c1. The van der Waals surface area contributed by atoms with Gasteiger partial charge in [-0.15, -0.1) is 11.3 Å².